The quantitative estimate of drug-likeness (QED) is 0.662. The van der Waals surface area contributed by atoms with E-state index in [4.69, 9.17) is 4.74 Å². The molecular formula is C15H20FN3O4. The molecule has 23 heavy (non-hydrogen) atoms. The Kier molecular flexibility index (Phi) is 5.36. The molecule has 1 unspecified atom stereocenters. The average Bonchev–Trinajstić information content (AvgIpc) is 2.54. The highest BCUT2D eigenvalue weighted by Crippen LogP contribution is 2.36. The van der Waals surface area contributed by atoms with Gasteiger partial charge in [0, 0.05) is 25.7 Å². The van der Waals surface area contributed by atoms with Gasteiger partial charge in [-0.15, -0.1) is 0 Å². The second-order valence-electron chi connectivity index (χ2n) is 5.41. The lowest BCUT2D eigenvalue weighted by Crippen LogP contribution is -2.43. The molecule has 8 heteroatoms. The summed E-state index contributed by atoms with van der Waals surface area (Å²) in [6.45, 7) is 3.32. The number of methoxy groups -OCH3 is 1. The third-order valence-corrected chi connectivity index (χ3v) is 3.93. The van der Waals surface area contributed by atoms with Crippen molar-refractivity contribution in [3.63, 3.8) is 0 Å². The predicted molar refractivity (Wildman–Crippen MR) is 83.2 cm³/mol. The molecule has 0 radical (unpaired) electrons. The van der Waals surface area contributed by atoms with Crippen molar-refractivity contribution >= 4 is 17.3 Å². The standard InChI is InChI=1S/C15H20FN3O4/c1-3-17-15(20)10-5-4-6-18(9-10)12-8-14(23-2)11(16)7-13(12)19(21)22/h7-8,10H,3-6,9H2,1-2H3,(H,17,20). The normalized spacial score (nSPS) is 17.7. The van der Waals surface area contributed by atoms with Crippen LogP contribution in [0.3, 0.4) is 0 Å². The van der Waals surface area contributed by atoms with Crippen molar-refractivity contribution in [3.05, 3.63) is 28.1 Å². The summed E-state index contributed by atoms with van der Waals surface area (Å²) in [5.74, 6) is -1.13. The molecule has 7 nitrogen and oxygen atoms in total. The number of amides is 1. The van der Waals surface area contributed by atoms with Crippen LogP contribution in [0.15, 0.2) is 12.1 Å². The van der Waals surface area contributed by atoms with E-state index < -0.39 is 10.7 Å². The Morgan fingerprint density at radius 1 is 1.57 bits per heavy atom. The van der Waals surface area contributed by atoms with E-state index in [1.54, 1.807) is 4.90 Å². The number of nitro benzene ring substituents is 1. The topological polar surface area (TPSA) is 84.7 Å². The van der Waals surface area contributed by atoms with E-state index in [0.29, 0.717) is 19.6 Å². The first-order valence-corrected chi connectivity index (χ1v) is 7.52. The monoisotopic (exact) mass is 325 g/mol. The van der Waals surface area contributed by atoms with Gasteiger partial charge in [-0.05, 0) is 19.8 Å². The zero-order valence-corrected chi connectivity index (χ0v) is 13.2. The van der Waals surface area contributed by atoms with Crippen molar-refractivity contribution in [2.24, 2.45) is 5.92 Å². The van der Waals surface area contributed by atoms with Gasteiger partial charge in [-0.3, -0.25) is 14.9 Å². The lowest BCUT2D eigenvalue weighted by atomic mass is 9.96. The van der Waals surface area contributed by atoms with E-state index in [9.17, 15) is 19.3 Å². The van der Waals surface area contributed by atoms with Gasteiger partial charge in [0.1, 0.15) is 5.69 Å². The number of benzene rings is 1. The maximum Gasteiger partial charge on any atom is 0.295 e. The van der Waals surface area contributed by atoms with Gasteiger partial charge in [0.15, 0.2) is 11.6 Å². The summed E-state index contributed by atoms with van der Waals surface area (Å²) in [6.07, 6.45) is 1.47. The van der Waals surface area contributed by atoms with Gasteiger partial charge in [0.2, 0.25) is 5.91 Å². The van der Waals surface area contributed by atoms with Crippen molar-refractivity contribution in [2.75, 3.05) is 31.6 Å². The zero-order valence-electron chi connectivity index (χ0n) is 13.2. The van der Waals surface area contributed by atoms with Crippen molar-refractivity contribution < 1.29 is 18.8 Å². The third-order valence-electron chi connectivity index (χ3n) is 3.93. The van der Waals surface area contributed by atoms with E-state index in [-0.39, 0.29) is 28.9 Å². The van der Waals surface area contributed by atoms with Crippen LogP contribution >= 0.6 is 0 Å². The Morgan fingerprint density at radius 2 is 2.30 bits per heavy atom. The molecule has 1 aromatic rings. The fourth-order valence-electron chi connectivity index (χ4n) is 2.82. The average molecular weight is 325 g/mol. The summed E-state index contributed by atoms with van der Waals surface area (Å²) in [6, 6.07) is 2.19. The Hall–Kier alpha value is -2.38. The minimum atomic E-state index is -0.778. The number of carbonyl (C=O) groups is 1. The third kappa shape index (κ3) is 3.69. The molecule has 1 aliphatic rings. The second kappa shape index (κ2) is 7.26. The Balaban J connectivity index is 2.32. The smallest absolute Gasteiger partial charge is 0.295 e. The molecule has 1 atom stereocenters. The SMILES string of the molecule is CCNC(=O)C1CCCN(c2cc(OC)c(F)cc2[N+](=O)[O-])C1. The lowest BCUT2D eigenvalue weighted by Gasteiger charge is -2.33. The highest BCUT2D eigenvalue weighted by atomic mass is 19.1. The largest absolute Gasteiger partial charge is 0.494 e. The van der Waals surface area contributed by atoms with Crippen molar-refractivity contribution in [2.45, 2.75) is 19.8 Å². The Bertz CT molecular complexity index is 609. The van der Waals surface area contributed by atoms with E-state index >= 15 is 0 Å². The number of piperidine rings is 1. The van der Waals surface area contributed by atoms with Crippen LogP contribution < -0.4 is 15.0 Å². The van der Waals surface area contributed by atoms with Gasteiger partial charge < -0.3 is 15.0 Å². The minimum absolute atomic E-state index is 0.0502. The lowest BCUT2D eigenvalue weighted by molar-refractivity contribution is -0.384. The van der Waals surface area contributed by atoms with E-state index in [1.807, 2.05) is 6.92 Å². The summed E-state index contributed by atoms with van der Waals surface area (Å²) in [7, 11) is 1.31. The Labute approximate surface area is 133 Å². The molecule has 0 saturated carbocycles. The maximum atomic E-state index is 13.8. The second-order valence-corrected chi connectivity index (χ2v) is 5.41. The van der Waals surface area contributed by atoms with Crippen LogP contribution in [0.25, 0.3) is 0 Å². The molecule has 1 heterocycles. The van der Waals surface area contributed by atoms with Gasteiger partial charge in [-0.2, -0.15) is 0 Å². The molecule has 1 aliphatic heterocycles. The van der Waals surface area contributed by atoms with Crippen LogP contribution in [-0.2, 0) is 4.79 Å². The summed E-state index contributed by atoms with van der Waals surface area (Å²) in [4.78, 5) is 24.4. The molecule has 0 bridgehead atoms. The van der Waals surface area contributed by atoms with Crippen LogP contribution in [0, 0.1) is 21.8 Å². The highest BCUT2D eigenvalue weighted by molar-refractivity contribution is 5.80. The van der Waals surface area contributed by atoms with Crippen LogP contribution in [0.5, 0.6) is 5.75 Å². The fourth-order valence-corrected chi connectivity index (χ4v) is 2.82. The number of hydrogen-bond acceptors (Lipinski definition) is 5. The van der Waals surface area contributed by atoms with Gasteiger partial charge in [-0.1, -0.05) is 0 Å². The van der Waals surface area contributed by atoms with Gasteiger partial charge in [0.25, 0.3) is 5.69 Å². The van der Waals surface area contributed by atoms with E-state index in [2.05, 4.69) is 5.32 Å². The molecule has 1 fully saturated rings. The number of ether oxygens (including phenoxy) is 1. The fraction of sp³-hybridized carbons (Fsp3) is 0.533. The van der Waals surface area contributed by atoms with Crippen molar-refractivity contribution in [1.29, 1.82) is 0 Å². The number of nitro groups is 1. The summed E-state index contributed by atoms with van der Waals surface area (Å²) < 4.78 is 18.7. The molecule has 0 spiro atoms. The first kappa shape index (κ1) is 17.0. The molecule has 1 N–H and O–H groups in total. The maximum absolute atomic E-state index is 13.8. The predicted octanol–water partition coefficient (Wildman–Crippen LogP) is 2.09. The number of hydrogen-bond donors (Lipinski definition) is 1. The number of anilines is 1. The van der Waals surface area contributed by atoms with Crippen LogP contribution in [-0.4, -0.2) is 37.6 Å². The number of halogens is 1. The summed E-state index contributed by atoms with van der Waals surface area (Å²) in [5, 5.41) is 14.0. The molecule has 2 rings (SSSR count). The van der Waals surface area contributed by atoms with Crippen LogP contribution in [0.1, 0.15) is 19.8 Å². The van der Waals surface area contributed by atoms with E-state index in [1.165, 1.54) is 13.2 Å². The van der Waals surface area contributed by atoms with Gasteiger partial charge >= 0.3 is 0 Å². The number of carbonyl (C=O) groups excluding carboxylic acids is 1. The minimum Gasteiger partial charge on any atom is -0.494 e. The number of nitrogens with one attached hydrogen (secondary N) is 1. The van der Waals surface area contributed by atoms with Crippen LogP contribution in [0.4, 0.5) is 15.8 Å². The number of rotatable bonds is 5. The molecule has 1 aromatic carbocycles. The molecule has 1 saturated heterocycles. The molecule has 0 aromatic heterocycles. The van der Waals surface area contributed by atoms with Crippen molar-refractivity contribution in [3.8, 4) is 5.75 Å². The highest BCUT2D eigenvalue weighted by Gasteiger charge is 2.30. The first-order valence-electron chi connectivity index (χ1n) is 7.52. The zero-order chi connectivity index (χ0) is 17.0. The summed E-state index contributed by atoms with van der Waals surface area (Å²) in [5.41, 5.74) is -0.0397. The molecule has 126 valence electrons. The Morgan fingerprint density at radius 3 is 2.91 bits per heavy atom. The molecule has 1 amide bonds. The molecule has 0 aliphatic carbocycles. The van der Waals surface area contributed by atoms with Gasteiger partial charge in [-0.25, -0.2) is 4.39 Å². The summed E-state index contributed by atoms with van der Waals surface area (Å²) >= 11 is 0. The van der Waals surface area contributed by atoms with Gasteiger partial charge in [0.05, 0.1) is 24.0 Å². The number of nitrogens with zero attached hydrogens (tertiary/aromatic N) is 2. The van der Waals surface area contributed by atoms with E-state index in [0.717, 1.165) is 18.9 Å². The van der Waals surface area contributed by atoms with Crippen molar-refractivity contribution in [1.82, 2.24) is 5.32 Å². The first-order chi connectivity index (χ1) is 11.0. The molecular weight excluding hydrogens is 305 g/mol. The van der Waals surface area contributed by atoms with Crippen LogP contribution in [0.2, 0.25) is 0 Å².